The van der Waals surface area contributed by atoms with Crippen molar-refractivity contribution in [3.63, 3.8) is 0 Å². The molecule has 4 heterocycles. The second-order valence-corrected chi connectivity index (χ2v) is 8.98. The third kappa shape index (κ3) is 3.84. The lowest BCUT2D eigenvalue weighted by Crippen LogP contribution is -2.28. The van der Waals surface area contributed by atoms with E-state index in [-0.39, 0.29) is 29.0 Å². The Balaban J connectivity index is 1.44. The van der Waals surface area contributed by atoms with Crippen molar-refractivity contribution in [1.29, 1.82) is 0 Å². The fourth-order valence-electron chi connectivity index (χ4n) is 3.63. The molecule has 160 valence electrons. The smallest absolute Gasteiger partial charge is 0.272 e. The predicted octanol–water partition coefficient (Wildman–Crippen LogP) is 3.15. The van der Waals surface area contributed by atoms with Crippen molar-refractivity contribution in [3.05, 3.63) is 51.9 Å². The fourth-order valence-corrected chi connectivity index (χ4v) is 5.19. The zero-order valence-corrected chi connectivity index (χ0v) is 17.9. The summed E-state index contributed by atoms with van der Waals surface area (Å²) in [5.74, 6) is -0.414. The maximum atomic E-state index is 13.8. The molecule has 0 spiro atoms. The lowest BCUT2D eigenvalue weighted by Gasteiger charge is -2.13. The Morgan fingerprint density at radius 3 is 3.00 bits per heavy atom. The third-order valence-electron chi connectivity index (χ3n) is 5.07. The van der Waals surface area contributed by atoms with E-state index in [2.05, 4.69) is 15.5 Å². The van der Waals surface area contributed by atoms with Crippen LogP contribution in [0.1, 0.15) is 12.8 Å². The highest BCUT2D eigenvalue weighted by Gasteiger charge is 2.23. The minimum atomic E-state index is -0.494. The van der Waals surface area contributed by atoms with E-state index in [1.54, 1.807) is 21.1 Å². The Hall–Kier alpha value is -2.76. The highest BCUT2D eigenvalue weighted by molar-refractivity contribution is 7.99. The highest BCUT2D eigenvalue weighted by atomic mass is 32.2. The molecule has 1 aliphatic rings. The maximum Gasteiger partial charge on any atom is 0.272 e. The first kappa shape index (κ1) is 20.2. The third-order valence-corrected chi connectivity index (χ3v) is 6.89. The van der Waals surface area contributed by atoms with Crippen molar-refractivity contribution in [2.75, 3.05) is 17.7 Å². The quantitative estimate of drug-likeness (QED) is 0.446. The van der Waals surface area contributed by atoms with Gasteiger partial charge in [-0.2, -0.15) is 0 Å². The summed E-state index contributed by atoms with van der Waals surface area (Å²) in [4.78, 5) is 25.4. The summed E-state index contributed by atoms with van der Waals surface area (Å²) < 4.78 is 23.5. The molecule has 1 aliphatic heterocycles. The van der Waals surface area contributed by atoms with Crippen LogP contribution in [0.2, 0.25) is 0 Å². The number of hydrogen-bond donors (Lipinski definition) is 1. The van der Waals surface area contributed by atoms with Gasteiger partial charge < -0.3 is 10.1 Å². The zero-order chi connectivity index (χ0) is 21.4. The molecule has 31 heavy (non-hydrogen) atoms. The van der Waals surface area contributed by atoms with E-state index in [1.807, 2.05) is 11.4 Å². The van der Waals surface area contributed by atoms with Crippen LogP contribution < -0.4 is 10.9 Å². The fraction of sp³-hybridized carbons (Fsp3) is 0.300. The molecule has 8 nitrogen and oxygen atoms in total. The number of ether oxygens (including phenoxy) is 1. The summed E-state index contributed by atoms with van der Waals surface area (Å²) in [6, 6.07) is 7.85. The number of thiophene rings is 1. The molecule has 1 aromatic carbocycles. The van der Waals surface area contributed by atoms with Crippen LogP contribution in [-0.4, -0.2) is 43.5 Å². The standard InChI is InChI=1S/C20H18FN5O3S2/c21-13-5-1-2-6-14(13)22-16(27)11-31-20-24-23-19-25(10-12-4-3-8-29-12)18(28)17-15(26(19)20)7-9-30-17/h1-2,5-7,9,12H,3-4,8,10-11H2,(H,22,27)/t12-/m0/s1. The van der Waals surface area contributed by atoms with Gasteiger partial charge in [0.15, 0.2) is 5.16 Å². The van der Waals surface area contributed by atoms with Crippen LogP contribution in [0.4, 0.5) is 10.1 Å². The van der Waals surface area contributed by atoms with Crippen molar-refractivity contribution in [1.82, 2.24) is 19.2 Å². The number of benzene rings is 1. The van der Waals surface area contributed by atoms with Gasteiger partial charge in [0.05, 0.1) is 29.6 Å². The minimum absolute atomic E-state index is 0.0195. The SMILES string of the molecule is O=C(CSc1nnc2n(C[C@@H]3CCCO3)c(=O)c3sccc3n12)Nc1ccccc1F. The molecule has 1 fully saturated rings. The van der Waals surface area contributed by atoms with Gasteiger partial charge in [0.25, 0.3) is 5.56 Å². The Morgan fingerprint density at radius 2 is 2.19 bits per heavy atom. The van der Waals surface area contributed by atoms with Crippen LogP contribution in [-0.2, 0) is 16.1 Å². The molecule has 3 aromatic heterocycles. The van der Waals surface area contributed by atoms with Gasteiger partial charge >= 0.3 is 0 Å². The molecular formula is C20H18FN5O3S2. The first-order chi connectivity index (χ1) is 15.1. The largest absolute Gasteiger partial charge is 0.376 e. The van der Waals surface area contributed by atoms with Crippen LogP contribution >= 0.6 is 23.1 Å². The van der Waals surface area contributed by atoms with Crippen molar-refractivity contribution < 1.29 is 13.9 Å². The molecule has 1 N–H and O–H groups in total. The summed E-state index contributed by atoms with van der Waals surface area (Å²) in [5.41, 5.74) is 0.717. The molecule has 0 aliphatic carbocycles. The molecular weight excluding hydrogens is 441 g/mol. The first-order valence-electron chi connectivity index (χ1n) is 9.76. The van der Waals surface area contributed by atoms with Gasteiger partial charge in [-0.05, 0) is 36.4 Å². The van der Waals surface area contributed by atoms with Crippen LogP contribution in [0.25, 0.3) is 16.0 Å². The zero-order valence-electron chi connectivity index (χ0n) is 16.3. The van der Waals surface area contributed by atoms with E-state index in [0.717, 1.165) is 12.8 Å². The molecule has 5 rings (SSSR count). The summed E-state index contributed by atoms with van der Waals surface area (Å²) >= 11 is 2.54. The highest BCUT2D eigenvalue weighted by Crippen LogP contribution is 2.25. The van der Waals surface area contributed by atoms with E-state index in [0.29, 0.717) is 34.3 Å². The molecule has 0 unspecified atom stereocenters. The number of rotatable bonds is 6. The van der Waals surface area contributed by atoms with Gasteiger partial charge in [-0.3, -0.25) is 18.6 Å². The normalized spacial score (nSPS) is 16.4. The van der Waals surface area contributed by atoms with Gasteiger partial charge in [0.2, 0.25) is 11.7 Å². The Labute approximate surface area is 184 Å². The van der Waals surface area contributed by atoms with Crippen molar-refractivity contribution in [3.8, 4) is 0 Å². The van der Waals surface area contributed by atoms with Crippen LogP contribution in [0.3, 0.4) is 0 Å². The van der Waals surface area contributed by atoms with Gasteiger partial charge in [0.1, 0.15) is 10.5 Å². The Bertz CT molecular complexity index is 1330. The number of hydrogen-bond acceptors (Lipinski definition) is 7. The molecule has 0 radical (unpaired) electrons. The number of fused-ring (bicyclic) bond motifs is 3. The lowest BCUT2D eigenvalue weighted by molar-refractivity contribution is -0.113. The molecule has 11 heteroatoms. The monoisotopic (exact) mass is 459 g/mol. The van der Waals surface area contributed by atoms with Gasteiger partial charge in [0, 0.05) is 6.61 Å². The summed E-state index contributed by atoms with van der Waals surface area (Å²) in [7, 11) is 0. The topological polar surface area (TPSA) is 90.5 Å². The Morgan fingerprint density at radius 1 is 1.32 bits per heavy atom. The summed E-state index contributed by atoms with van der Waals surface area (Å²) in [5, 5.41) is 13.4. The lowest BCUT2D eigenvalue weighted by atomic mass is 10.2. The summed E-state index contributed by atoms with van der Waals surface area (Å²) in [6.07, 6.45) is 1.84. The van der Waals surface area contributed by atoms with Gasteiger partial charge in [-0.1, -0.05) is 23.9 Å². The maximum absolute atomic E-state index is 13.8. The first-order valence-corrected chi connectivity index (χ1v) is 11.6. The molecule has 0 bridgehead atoms. The minimum Gasteiger partial charge on any atom is -0.376 e. The Kier molecular flexibility index (Phi) is 5.47. The van der Waals surface area contributed by atoms with E-state index >= 15 is 0 Å². The second-order valence-electron chi connectivity index (χ2n) is 7.12. The van der Waals surface area contributed by atoms with E-state index < -0.39 is 5.82 Å². The van der Waals surface area contributed by atoms with Crippen LogP contribution in [0.15, 0.2) is 45.7 Å². The molecule has 1 amide bonds. The predicted molar refractivity (Wildman–Crippen MR) is 117 cm³/mol. The van der Waals surface area contributed by atoms with Crippen molar-refractivity contribution in [2.24, 2.45) is 0 Å². The van der Waals surface area contributed by atoms with Crippen LogP contribution in [0, 0.1) is 5.82 Å². The van der Waals surface area contributed by atoms with E-state index in [9.17, 15) is 14.0 Å². The number of carbonyl (C=O) groups excluding carboxylic acids is 1. The average molecular weight is 460 g/mol. The van der Waals surface area contributed by atoms with Crippen molar-refractivity contribution in [2.45, 2.75) is 30.6 Å². The summed E-state index contributed by atoms with van der Waals surface area (Å²) in [6.45, 7) is 1.11. The van der Waals surface area contributed by atoms with E-state index in [1.165, 1.54) is 35.2 Å². The van der Waals surface area contributed by atoms with Crippen LogP contribution in [0.5, 0.6) is 0 Å². The number of thioether (sulfide) groups is 1. The molecule has 4 aromatic rings. The number of anilines is 1. The van der Waals surface area contributed by atoms with Gasteiger partial charge in [-0.25, -0.2) is 4.39 Å². The van der Waals surface area contributed by atoms with E-state index in [4.69, 9.17) is 4.74 Å². The van der Waals surface area contributed by atoms with Crippen molar-refractivity contribution >= 4 is 50.7 Å². The van der Waals surface area contributed by atoms with Gasteiger partial charge in [-0.15, -0.1) is 21.5 Å². The number of nitrogens with one attached hydrogen (secondary N) is 1. The molecule has 1 atom stereocenters. The molecule has 1 saturated heterocycles. The number of para-hydroxylation sites is 1. The number of aromatic nitrogens is 4. The number of nitrogens with zero attached hydrogens (tertiary/aromatic N) is 4. The second kappa shape index (κ2) is 8.40. The number of carbonyl (C=O) groups is 1. The molecule has 0 saturated carbocycles. The average Bonchev–Trinajstić information content (AvgIpc) is 3.51. The number of halogens is 1. The number of amides is 1.